The van der Waals surface area contributed by atoms with E-state index >= 15 is 0 Å². The van der Waals surface area contributed by atoms with Crippen molar-refractivity contribution in [1.29, 1.82) is 0 Å². The number of aromatic nitrogens is 2. The van der Waals surface area contributed by atoms with E-state index in [4.69, 9.17) is 4.74 Å². The summed E-state index contributed by atoms with van der Waals surface area (Å²) >= 11 is 1.57. The largest absolute Gasteiger partial charge is 0.497 e. The Bertz CT molecular complexity index is 847. The lowest BCUT2D eigenvalue weighted by atomic mass is 10.1. The molecule has 0 spiro atoms. The Morgan fingerprint density at radius 3 is 2.62 bits per heavy atom. The summed E-state index contributed by atoms with van der Waals surface area (Å²) in [7, 11) is 1.64. The molecule has 108 valence electrons. The fourth-order valence-electron chi connectivity index (χ4n) is 2.32. The summed E-state index contributed by atoms with van der Waals surface area (Å²) in [5, 5.41) is 0.719. The van der Waals surface area contributed by atoms with E-state index in [0.29, 0.717) is 12.2 Å². The van der Waals surface area contributed by atoms with Crippen molar-refractivity contribution >= 4 is 21.6 Å². The molecule has 1 N–H and O–H groups in total. The molecule has 0 fully saturated rings. The smallest absolute Gasteiger partial charge is 0.259 e. The van der Waals surface area contributed by atoms with Crippen LogP contribution in [-0.2, 0) is 6.42 Å². The molecule has 0 bridgehead atoms. The SMILES string of the molecule is COc1ccc(Cc2nc3sc(C)c(C)c3c(=O)[nH]2)cc1. The van der Waals surface area contributed by atoms with Crippen molar-refractivity contribution in [3.05, 3.63) is 56.4 Å². The number of H-pyrrole nitrogens is 1. The van der Waals surface area contributed by atoms with Crippen molar-refractivity contribution in [1.82, 2.24) is 9.97 Å². The molecule has 0 amide bonds. The third-order valence-electron chi connectivity index (χ3n) is 3.62. The van der Waals surface area contributed by atoms with Crippen LogP contribution in [0, 0.1) is 13.8 Å². The topological polar surface area (TPSA) is 55.0 Å². The number of nitrogens with one attached hydrogen (secondary N) is 1. The lowest BCUT2D eigenvalue weighted by Crippen LogP contribution is -2.11. The lowest BCUT2D eigenvalue weighted by Gasteiger charge is -2.03. The second-order valence-corrected chi connectivity index (χ2v) is 6.20. The van der Waals surface area contributed by atoms with E-state index in [1.165, 1.54) is 0 Å². The normalized spacial score (nSPS) is 11.0. The highest BCUT2D eigenvalue weighted by atomic mass is 32.1. The first-order valence-electron chi connectivity index (χ1n) is 6.70. The molecule has 0 atom stereocenters. The summed E-state index contributed by atoms with van der Waals surface area (Å²) in [6, 6.07) is 7.78. The van der Waals surface area contributed by atoms with Gasteiger partial charge in [0.1, 0.15) is 16.4 Å². The number of hydrogen-bond donors (Lipinski definition) is 1. The van der Waals surface area contributed by atoms with E-state index in [1.54, 1.807) is 18.4 Å². The number of ether oxygens (including phenoxy) is 1. The predicted molar refractivity (Wildman–Crippen MR) is 85.5 cm³/mol. The van der Waals surface area contributed by atoms with Gasteiger partial charge in [0.25, 0.3) is 5.56 Å². The van der Waals surface area contributed by atoms with Gasteiger partial charge in [0.2, 0.25) is 0 Å². The maximum absolute atomic E-state index is 12.2. The summed E-state index contributed by atoms with van der Waals surface area (Å²) in [4.78, 5) is 21.7. The van der Waals surface area contributed by atoms with E-state index < -0.39 is 0 Å². The second-order valence-electron chi connectivity index (χ2n) is 5.00. The zero-order chi connectivity index (χ0) is 15.0. The highest BCUT2D eigenvalue weighted by Crippen LogP contribution is 2.26. The molecule has 2 aromatic heterocycles. The van der Waals surface area contributed by atoms with Gasteiger partial charge in [-0.15, -0.1) is 11.3 Å². The highest BCUT2D eigenvalue weighted by Gasteiger charge is 2.11. The van der Waals surface area contributed by atoms with E-state index in [2.05, 4.69) is 9.97 Å². The van der Waals surface area contributed by atoms with Gasteiger partial charge in [0, 0.05) is 11.3 Å². The first kappa shape index (κ1) is 13.8. The fraction of sp³-hybridized carbons (Fsp3) is 0.250. The predicted octanol–water partition coefficient (Wildman–Crippen LogP) is 3.20. The molecular formula is C16H16N2O2S. The van der Waals surface area contributed by atoms with Crippen molar-refractivity contribution in [2.24, 2.45) is 0 Å². The van der Waals surface area contributed by atoms with Crippen LogP contribution in [0.3, 0.4) is 0 Å². The standard InChI is InChI=1S/C16H16N2O2S/c1-9-10(2)21-16-14(9)15(19)17-13(18-16)8-11-4-6-12(20-3)7-5-11/h4-7H,8H2,1-3H3,(H,17,18,19). The molecule has 0 radical (unpaired) electrons. The molecule has 0 aliphatic rings. The van der Waals surface area contributed by atoms with Crippen LogP contribution in [0.4, 0.5) is 0 Å². The molecule has 4 nitrogen and oxygen atoms in total. The molecule has 3 rings (SSSR count). The maximum atomic E-state index is 12.2. The van der Waals surface area contributed by atoms with Gasteiger partial charge >= 0.3 is 0 Å². The molecule has 0 unspecified atom stereocenters. The van der Waals surface area contributed by atoms with Crippen LogP contribution in [0.15, 0.2) is 29.1 Å². The first-order chi connectivity index (χ1) is 10.1. The second kappa shape index (κ2) is 5.33. The number of fused-ring (bicyclic) bond motifs is 1. The van der Waals surface area contributed by atoms with Gasteiger partial charge in [-0.05, 0) is 37.1 Å². The highest BCUT2D eigenvalue weighted by molar-refractivity contribution is 7.18. The van der Waals surface area contributed by atoms with Crippen molar-refractivity contribution < 1.29 is 4.74 Å². The number of nitrogens with zero attached hydrogens (tertiary/aromatic N) is 1. The third kappa shape index (κ3) is 2.56. The number of thiophene rings is 1. The molecule has 0 aliphatic heterocycles. The van der Waals surface area contributed by atoms with Crippen molar-refractivity contribution in [2.45, 2.75) is 20.3 Å². The Labute approximate surface area is 126 Å². The molecule has 2 heterocycles. The van der Waals surface area contributed by atoms with Crippen molar-refractivity contribution in [3.8, 4) is 5.75 Å². The van der Waals surface area contributed by atoms with Crippen LogP contribution in [0.25, 0.3) is 10.2 Å². The minimum absolute atomic E-state index is 0.0506. The van der Waals surface area contributed by atoms with Gasteiger partial charge in [-0.25, -0.2) is 4.98 Å². The summed E-state index contributed by atoms with van der Waals surface area (Å²) in [6.07, 6.45) is 0.602. The first-order valence-corrected chi connectivity index (χ1v) is 7.52. The average Bonchev–Trinajstić information content (AvgIpc) is 2.75. The van der Waals surface area contributed by atoms with Crippen molar-refractivity contribution in [2.75, 3.05) is 7.11 Å². The van der Waals surface area contributed by atoms with Gasteiger partial charge in [-0.2, -0.15) is 0 Å². The lowest BCUT2D eigenvalue weighted by molar-refractivity contribution is 0.414. The van der Waals surface area contributed by atoms with Crippen LogP contribution >= 0.6 is 11.3 Å². The Morgan fingerprint density at radius 1 is 1.24 bits per heavy atom. The Kier molecular flexibility index (Phi) is 3.51. The minimum atomic E-state index is -0.0506. The van der Waals surface area contributed by atoms with Crippen LogP contribution in [0.2, 0.25) is 0 Å². The van der Waals surface area contributed by atoms with Crippen LogP contribution in [0.1, 0.15) is 21.8 Å². The van der Waals surface area contributed by atoms with Crippen LogP contribution in [0.5, 0.6) is 5.75 Å². The number of aromatic amines is 1. The zero-order valence-electron chi connectivity index (χ0n) is 12.2. The zero-order valence-corrected chi connectivity index (χ0v) is 13.0. The van der Waals surface area contributed by atoms with E-state index in [1.807, 2.05) is 38.1 Å². The molecule has 21 heavy (non-hydrogen) atoms. The Morgan fingerprint density at radius 2 is 1.95 bits per heavy atom. The van der Waals surface area contributed by atoms with Crippen LogP contribution in [-0.4, -0.2) is 17.1 Å². The van der Waals surface area contributed by atoms with E-state index in [9.17, 15) is 4.79 Å². The van der Waals surface area contributed by atoms with E-state index in [-0.39, 0.29) is 5.56 Å². The van der Waals surface area contributed by atoms with Gasteiger partial charge in [-0.3, -0.25) is 4.79 Å². The number of aryl methyl sites for hydroxylation is 2. The number of benzene rings is 1. The maximum Gasteiger partial charge on any atom is 0.259 e. The van der Waals surface area contributed by atoms with Gasteiger partial charge < -0.3 is 9.72 Å². The average molecular weight is 300 g/mol. The number of rotatable bonds is 3. The quantitative estimate of drug-likeness (QED) is 0.808. The van der Waals surface area contributed by atoms with E-state index in [0.717, 1.165) is 32.0 Å². The molecule has 5 heteroatoms. The Hall–Kier alpha value is -2.14. The summed E-state index contributed by atoms with van der Waals surface area (Å²) < 4.78 is 5.14. The minimum Gasteiger partial charge on any atom is -0.497 e. The summed E-state index contributed by atoms with van der Waals surface area (Å²) in [6.45, 7) is 3.98. The number of methoxy groups -OCH3 is 1. The molecule has 0 saturated carbocycles. The Balaban J connectivity index is 1.99. The van der Waals surface area contributed by atoms with Crippen molar-refractivity contribution in [3.63, 3.8) is 0 Å². The van der Waals surface area contributed by atoms with Gasteiger partial charge in [-0.1, -0.05) is 12.1 Å². The van der Waals surface area contributed by atoms with Gasteiger partial charge in [0.15, 0.2) is 0 Å². The fourth-order valence-corrected chi connectivity index (χ4v) is 3.37. The molecule has 3 aromatic rings. The third-order valence-corrected chi connectivity index (χ3v) is 4.72. The molecule has 0 saturated heterocycles. The molecule has 0 aliphatic carbocycles. The summed E-state index contributed by atoms with van der Waals surface area (Å²) in [5.41, 5.74) is 2.06. The molecule has 1 aromatic carbocycles. The summed E-state index contributed by atoms with van der Waals surface area (Å²) in [5.74, 6) is 1.51. The van der Waals surface area contributed by atoms with Gasteiger partial charge in [0.05, 0.1) is 12.5 Å². The molecular weight excluding hydrogens is 284 g/mol. The monoisotopic (exact) mass is 300 g/mol. The van der Waals surface area contributed by atoms with Crippen LogP contribution < -0.4 is 10.3 Å². The number of hydrogen-bond acceptors (Lipinski definition) is 4.